The number of anilines is 1. The number of carbonyl (C=O) groups excluding carboxylic acids is 2. The highest BCUT2D eigenvalue weighted by atomic mass is 28.4. The minimum atomic E-state index is -3.67. The molecule has 5 aromatic carbocycles. The summed E-state index contributed by atoms with van der Waals surface area (Å²) in [5.74, 6) is -1.45. The monoisotopic (exact) mass is 824 g/mol. The molecule has 1 fully saturated rings. The van der Waals surface area contributed by atoms with Crippen molar-refractivity contribution in [1.29, 1.82) is 0 Å². The maximum Gasteiger partial charge on any atom is 0.279 e. The molecule has 0 radical (unpaired) electrons. The summed E-state index contributed by atoms with van der Waals surface area (Å²) >= 11 is 0. The van der Waals surface area contributed by atoms with Gasteiger partial charge in [-0.1, -0.05) is 73.7 Å². The van der Waals surface area contributed by atoms with Gasteiger partial charge in [0.2, 0.25) is 14.3 Å². The fourth-order valence-corrected chi connectivity index (χ4v) is 12.0. The van der Waals surface area contributed by atoms with E-state index in [9.17, 15) is 19.5 Å². The zero-order valence-corrected chi connectivity index (χ0v) is 34.5. The van der Waals surface area contributed by atoms with Crippen LogP contribution >= 0.6 is 0 Å². The van der Waals surface area contributed by atoms with E-state index in [4.69, 9.17) is 4.74 Å². The first-order chi connectivity index (χ1) is 28.9. The number of benzene rings is 5. The number of aliphatic hydroxyl groups is 1. The SMILES string of the molecule is C[C@@H]1[C@@H]([Si](C)(C)F)[C@H](CC(=O)N(CCO)Cc2ccccc2)O[C@@]12C(=O)N(Cc1cccc(-n3[nH]c4ccccc4c3=O)c1)c1ccc(-n3[nH]c4ccccc4c3=O)cc12. The molecule has 0 aliphatic carbocycles. The number of fused-ring (bicyclic) bond motifs is 4. The van der Waals surface area contributed by atoms with E-state index in [1.807, 2.05) is 91.9 Å². The number of aliphatic hydroxyl groups excluding tert-OH is 1. The number of ether oxygens (including phenoxy) is 1. The summed E-state index contributed by atoms with van der Waals surface area (Å²) in [7, 11) is -3.67. The molecule has 0 saturated carbocycles. The largest absolute Gasteiger partial charge is 0.395 e. The van der Waals surface area contributed by atoms with Crippen LogP contribution in [0, 0.1) is 5.92 Å². The molecule has 2 amide bonds. The molecule has 4 atom stereocenters. The summed E-state index contributed by atoms with van der Waals surface area (Å²) in [5, 5.41) is 17.3. The van der Waals surface area contributed by atoms with Crippen LogP contribution in [0.2, 0.25) is 18.6 Å². The number of aromatic nitrogens is 4. The molecular weight excluding hydrogens is 780 g/mol. The fraction of sp³-hybridized carbons (Fsp3) is 0.261. The molecule has 4 heterocycles. The van der Waals surface area contributed by atoms with Gasteiger partial charge in [-0.05, 0) is 78.8 Å². The lowest BCUT2D eigenvalue weighted by Gasteiger charge is -2.31. The maximum absolute atomic E-state index is 16.8. The quantitative estimate of drug-likeness (QED) is 0.0981. The van der Waals surface area contributed by atoms with Crippen LogP contribution < -0.4 is 16.0 Å². The summed E-state index contributed by atoms with van der Waals surface area (Å²) < 4.78 is 26.7. The Labute approximate surface area is 345 Å². The topological polar surface area (TPSA) is 146 Å². The minimum absolute atomic E-state index is 0.0735. The first-order valence-corrected chi connectivity index (χ1v) is 23.1. The molecule has 14 heteroatoms. The van der Waals surface area contributed by atoms with Crippen LogP contribution in [0.4, 0.5) is 9.80 Å². The molecule has 3 N–H and O–H groups in total. The predicted octanol–water partition coefficient (Wildman–Crippen LogP) is 6.68. The number of nitrogens with zero attached hydrogens (tertiary/aromatic N) is 4. The average molecular weight is 825 g/mol. The van der Waals surface area contributed by atoms with Gasteiger partial charge in [-0.25, -0.2) is 9.36 Å². The Hall–Kier alpha value is -6.35. The summed E-state index contributed by atoms with van der Waals surface area (Å²) in [6.07, 6.45) is -1.17. The smallest absolute Gasteiger partial charge is 0.279 e. The lowest BCUT2D eigenvalue weighted by Crippen LogP contribution is -2.45. The highest BCUT2D eigenvalue weighted by Crippen LogP contribution is 2.60. The van der Waals surface area contributed by atoms with Gasteiger partial charge in [-0.2, -0.15) is 0 Å². The molecule has 1 saturated heterocycles. The van der Waals surface area contributed by atoms with Crippen LogP contribution in [0.5, 0.6) is 0 Å². The van der Waals surface area contributed by atoms with Crippen molar-refractivity contribution in [2.24, 2.45) is 5.92 Å². The number of para-hydroxylation sites is 2. The first kappa shape index (κ1) is 39.1. The van der Waals surface area contributed by atoms with Crippen molar-refractivity contribution < 1.29 is 23.5 Å². The second-order valence-electron chi connectivity index (χ2n) is 16.4. The summed E-state index contributed by atoms with van der Waals surface area (Å²) in [4.78, 5) is 59.8. The van der Waals surface area contributed by atoms with E-state index in [1.54, 1.807) is 59.3 Å². The van der Waals surface area contributed by atoms with Crippen molar-refractivity contribution in [3.8, 4) is 11.4 Å². The second kappa shape index (κ2) is 15.0. The number of H-pyrrole nitrogens is 2. The molecule has 2 aliphatic rings. The fourth-order valence-electron chi connectivity index (χ4n) is 9.51. The van der Waals surface area contributed by atoms with Crippen molar-refractivity contribution >= 4 is 47.7 Å². The minimum Gasteiger partial charge on any atom is -0.395 e. The third-order valence-corrected chi connectivity index (χ3v) is 14.7. The Bertz CT molecular complexity index is 2900. The Balaban J connectivity index is 1.13. The molecule has 9 rings (SSSR count). The lowest BCUT2D eigenvalue weighted by atomic mass is 9.82. The van der Waals surface area contributed by atoms with Crippen LogP contribution in [0.1, 0.15) is 30.0 Å². The van der Waals surface area contributed by atoms with Gasteiger partial charge in [0.25, 0.3) is 17.0 Å². The number of hydrogen-bond acceptors (Lipinski definition) is 6. The van der Waals surface area contributed by atoms with Crippen molar-refractivity contribution in [3.63, 3.8) is 0 Å². The number of nitrogens with one attached hydrogen (secondary N) is 2. The normalized spacial score (nSPS) is 20.1. The number of amides is 2. The van der Waals surface area contributed by atoms with Crippen molar-refractivity contribution in [3.05, 3.63) is 159 Å². The van der Waals surface area contributed by atoms with Crippen molar-refractivity contribution in [2.75, 3.05) is 18.1 Å². The van der Waals surface area contributed by atoms with E-state index < -0.39 is 37.5 Å². The van der Waals surface area contributed by atoms with Gasteiger partial charge in [-0.15, -0.1) is 0 Å². The van der Waals surface area contributed by atoms with E-state index in [1.165, 1.54) is 9.36 Å². The van der Waals surface area contributed by atoms with Crippen molar-refractivity contribution in [2.45, 2.75) is 56.8 Å². The highest BCUT2D eigenvalue weighted by molar-refractivity contribution is 6.72. The highest BCUT2D eigenvalue weighted by Gasteiger charge is 2.67. The summed E-state index contributed by atoms with van der Waals surface area (Å²) in [6, 6.07) is 36.5. The van der Waals surface area contributed by atoms with Crippen LogP contribution in [-0.2, 0) is 33.0 Å². The zero-order chi connectivity index (χ0) is 41.9. The molecule has 306 valence electrons. The zero-order valence-electron chi connectivity index (χ0n) is 33.5. The van der Waals surface area contributed by atoms with Crippen LogP contribution in [0.25, 0.3) is 33.2 Å². The number of halogens is 1. The number of hydrogen-bond donors (Lipinski definition) is 3. The molecule has 7 aromatic rings. The predicted molar refractivity (Wildman–Crippen MR) is 231 cm³/mol. The van der Waals surface area contributed by atoms with E-state index in [2.05, 4.69) is 10.2 Å². The van der Waals surface area contributed by atoms with Gasteiger partial charge >= 0.3 is 0 Å². The van der Waals surface area contributed by atoms with Gasteiger partial charge in [0.05, 0.1) is 64.5 Å². The Morgan fingerprint density at radius 1 is 0.800 bits per heavy atom. The number of aromatic amines is 2. The van der Waals surface area contributed by atoms with E-state index >= 15 is 8.90 Å². The van der Waals surface area contributed by atoms with Gasteiger partial charge < -0.3 is 23.8 Å². The third-order valence-electron chi connectivity index (χ3n) is 12.2. The molecule has 0 unspecified atom stereocenters. The Kier molecular flexibility index (Phi) is 9.80. The number of rotatable bonds is 11. The molecule has 12 nitrogen and oxygen atoms in total. The molecule has 0 bridgehead atoms. The molecule has 2 aliphatic heterocycles. The Morgan fingerprint density at radius 3 is 2.02 bits per heavy atom. The van der Waals surface area contributed by atoms with Gasteiger partial charge in [0.1, 0.15) is 0 Å². The van der Waals surface area contributed by atoms with Crippen LogP contribution in [0.15, 0.2) is 131 Å². The summed E-state index contributed by atoms with van der Waals surface area (Å²) in [6.45, 7) is 5.14. The third kappa shape index (κ3) is 6.51. The van der Waals surface area contributed by atoms with Gasteiger partial charge in [-0.3, -0.25) is 29.4 Å². The average Bonchev–Trinajstić information content (AvgIpc) is 3.93. The Morgan fingerprint density at radius 2 is 1.40 bits per heavy atom. The first-order valence-electron chi connectivity index (χ1n) is 20.1. The van der Waals surface area contributed by atoms with Crippen LogP contribution in [0.3, 0.4) is 0 Å². The standard InChI is InChI=1S/C46H45FN6O6Si/c1-29-42(60(2,3)47)40(26-41(55)50(22-23-54)27-30-12-5-4-6-13-30)59-46(29)36-25-33(53-44(57)35-17-8-10-19-38(35)49-53)20-21-39(36)51(45(46)58)28-31-14-11-15-32(24-31)52-43(56)34-16-7-9-18-37(34)48-52/h4-21,24-25,29,40,42,48-49,54H,22-23,26-28H2,1-3H3/t29-,40+,42-,46+/m1/s1. The van der Waals surface area contributed by atoms with E-state index in [0.717, 1.165) is 11.1 Å². The lowest BCUT2D eigenvalue weighted by molar-refractivity contribution is -0.150. The van der Waals surface area contributed by atoms with E-state index in [0.29, 0.717) is 44.4 Å². The molecule has 1 spiro atoms. The summed E-state index contributed by atoms with van der Waals surface area (Å²) in [5.41, 5.74) is 2.02. The van der Waals surface area contributed by atoms with Gasteiger partial charge in [0, 0.05) is 30.1 Å². The van der Waals surface area contributed by atoms with E-state index in [-0.39, 0.29) is 49.7 Å². The molecular formula is C46H45FN6O6Si. The number of carbonyl (C=O) groups is 2. The van der Waals surface area contributed by atoms with Crippen molar-refractivity contribution in [1.82, 2.24) is 24.5 Å². The maximum atomic E-state index is 16.8. The second-order valence-corrected chi connectivity index (χ2v) is 20.2. The molecule has 60 heavy (non-hydrogen) atoms. The molecule has 2 aromatic heterocycles. The van der Waals surface area contributed by atoms with Crippen LogP contribution in [-0.4, -0.2) is 69.0 Å². The van der Waals surface area contributed by atoms with Gasteiger partial charge in [0.15, 0.2) is 5.60 Å².